The highest BCUT2D eigenvalue weighted by molar-refractivity contribution is 5.76. The summed E-state index contributed by atoms with van der Waals surface area (Å²) in [5, 5.41) is 16.0. The minimum absolute atomic E-state index is 0.0957. The van der Waals surface area contributed by atoms with Crippen molar-refractivity contribution >= 4 is 17.4 Å². The van der Waals surface area contributed by atoms with E-state index < -0.39 is 0 Å². The van der Waals surface area contributed by atoms with E-state index in [0.29, 0.717) is 30.0 Å². The van der Waals surface area contributed by atoms with Gasteiger partial charge >= 0.3 is 0 Å². The Bertz CT molecular complexity index is 988. The van der Waals surface area contributed by atoms with E-state index in [1.165, 1.54) is 6.07 Å². The normalized spacial score (nSPS) is 17.1. The lowest BCUT2D eigenvalue weighted by Gasteiger charge is -2.33. The van der Waals surface area contributed by atoms with Crippen molar-refractivity contribution in [2.75, 3.05) is 18.0 Å². The van der Waals surface area contributed by atoms with Gasteiger partial charge in [-0.2, -0.15) is 4.52 Å². The van der Waals surface area contributed by atoms with Gasteiger partial charge in [-0.15, -0.1) is 15.3 Å². The molecule has 0 spiro atoms. The molecule has 146 valence electrons. The number of fused-ring (bicyclic) bond motifs is 1. The highest BCUT2D eigenvalue weighted by atomic mass is 19.1. The summed E-state index contributed by atoms with van der Waals surface area (Å²) >= 11 is 0. The molecule has 1 atom stereocenters. The summed E-state index contributed by atoms with van der Waals surface area (Å²) in [6.45, 7) is 3.55. The van der Waals surface area contributed by atoms with Gasteiger partial charge < -0.3 is 10.2 Å². The standard InChI is InChI=1S/C20H23FN6O/c1-2-6-19(28)22-14-7-5-12-26(13-14)18-11-10-17-23-24-20(27(17)25-18)15-8-3-4-9-16(15)21/h3-4,8-11,14H,2,5-7,12-13H2,1H3,(H,22,28). The first-order chi connectivity index (χ1) is 13.7. The van der Waals surface area contributed by atoms with Crippen LogP contribution >= 0.6 is 0 Å². The summed E-state index contributed by atoms with van der Waals surface area (Å²) in [4.78, 5) is 14.1. The molecule has 3 aromatic rings. The summed E-state index contributed by atoms with van der Waals surface area (Å²) in [5.74, 6) is 0.873. The van der Waals surface area contributed by atoms with Crippen LogP contribution in [0.5, 0.6) is 0 Å². The molecular weight excluding hydrogens is 359 g/mol. The molecule has 1 aromatic carbocycles. The van der Waals surface area contributed by atoms with E-state index in [-0.39, 0.29) is 17.8 Å². The molecule has 0 aliphatic carbocycles. The van der Waals surface area contributed by atoms with Crippen LogP contribution in [0.3, 0.4) is 0 Å². The van der Waals surface area contributed by atoms with Crippen LogP contribution in [0.15, 0.2) is 36.4 Å². The molecule has 1 amide bonds. The van der Waals surface area contributed by atoms with E-state index in [0.717, 1.165) is 31.6 Å². The molecule has 2 aromatic heterocycles. The van der Waals surface area contributed by atoms with Crippen LogP contribution in [0.4, 0.5) is 10.2 Å². The van der Waals surface area contributed by atoms with Crippen LogP contribution in [0.25, 0.3) is 17.0 Å². The highest BCUT2D eigenvalue weighted by Crippen LogP contribution is 2.23. The lowest BCUT2D eigenvalue weighted by Crippen LogP contribution is -2.48. The number of nitrogens with zero attached hydrogens (tertiary/aromatic N) is 5. The van der Waals surface area contributed by atoms with Crippen LogP contribution in [-0.2, 0) is 4.79 Å². The zero-order valence-electron chi connectivity index (χ0n) is 15.8. The number of benzene rings is 1. The number of hydrogen-bond acceptors (Lipinski definition) is 5. The maximum absolute atomic E-state index is 14.2. The maximum Gasteiger partial charge on any atom is 0.220 e. The number of aromatic nitrogens is 4. The maximum atomic E-state index is 14.2. The number of amides is 1. The van der Waals surface area contributed by atoms with Crippen molar-refractivity contribution in [3.8, 4) is 11.4 Å². The largest absolute Gasteiger partial charge is 0.353 e. The Morgan fingerprint density at radius 1 is 1.25 bits per heavy atom. The Kier molecular flexibility index (Phi) is 5.18. The topological polar surface area (TPSA) is 75.4 Å². The zero-order valence-corrected chi connectivity index (χ0v) is 15.8. The first-order valence-electron chi connectivity index (χ1n) is 9.67. The summed E-state index contributed by atoms with van der Waals surface area (Å²) in [6.07, 6.45) is 3.32. The molecule has 1 fully saturated rings. The van der Waals surface area contributed by atoms with Crippen LogP contribution in [0, 0.1) is 5.82 Å². The van der Waals surface area contributed by atoms with Crippen molar-refractivity contribution in [1.29, 1.82) is 0 Å². The number of rotatable bonds is 5. The molecule has 7 nitrogen and oxygen atoms in total. The number of hydrogen-bond donors (Lipinski definition) is 1. The summed E-state index contributed by atoms with van der Waals surface area (Å²) in [7, 11) is 0. The van der Waals surface area contributed by atoms with Gasteiger partial charge in [0.15, 0.2) is 11.5 Å². The molecule has 0 radical (unpaired) electrons. The number of anilines is 1. The second-order valence-corrected chi connectivity index (χ2v) is 7.07. The third-order valence-corrected chi connectivity index (χ3v) is 4.95. The van der Waals surface area contributed by atoms with Gasteiger partial charge in [-0.25, -0.2) is 4.39 Å². The molecule has 1 N–H and O–H groups in total. The molecule has 0 bridgehead atoms. The van der Waals surface area contributed by atoms with Crippen molar-refractivity contribution in [2.45, 2.75) is 38.6 Å². The molecule has 28 heavy (non-hydrogen) atoms. The van der Waals surface area contributed by atoms with Crippen molar-refractivity contribution < 1.29 is 9.18 Å². The van der Waals surface area contributed by atoms with E-state index in [9.17, 15) is 9.18 Å². The van der Waals surface area contributed by atoms with Gasteiger partial charge in [-0.3, -0.25) is 4.79 Å². The Hall–Kier alpha value is -3.03. The van der Waals surface area contributed by atoms with E-state index >= 15 is 0 Å². The molecule has 4 rings (SSSR count). The predicted octanol–water partition coefficient (Wildman–Crippen LogP) is 2.82. The predicted molar refractivity (Wildman–Crippen MR) is 104 cm³/mol. The van der Waals surface area contributed by atoms with Crippen molar-refractivity contribution in [1.82, 2.24) is 25.1 Å². The van der Waals surface area contributed by atoms with Gasteiger partial charge in [0.25, 0.3) is 0 Å². The third kappa shape index (κ3) is 3.67. The average Bonchev–Trinajstić information content (AvgIpc) is 3.12. The molecule has 3 heterocycles. The summed E-state index contributed by atoms with van der Waals surface area (Å²) in [6, 6.07) is 10.3. The first-order valence-corrected chi connectivity index (χ1v) is 9.67. The third-order valence-electron chi connectivity index (χ3n) is 4.95. The summed E-state index contributed by atoms with van der Waals surface area (Å²) in [5.41, 5.74) is 0.926. The molecule has 1 saturated heterocycles. The zero-order chi connectivity index (χ0) is 19.5. The van der Waals surface area contributed by atoms with E-state index in [4.69, 9.17) is 0 Å². The Labute approximate surface area is 162 Å². The lowest BCUT2D eigenvalue weighted by molar-refractivity contribution is -0.121. The smallest absolute Gasteiger partial charge is 0.220 e. The Morgan fingerprint density at radius 3 is 2.93 bits per heavy atom. The number of piperidine rings is 1. The molecular formula is C20H23FN6O. The van der Waals surface area contributed by atoms with Gasteiger partial charge in [-0.1, -0.05) is 19.1 Å². The number of nitrogens with one attached hydrogen (secondary N) is 1. The van der Waals surface area contributed by atoms with Crippen molar-refractivity contribution in [3.63, 3.8) is 0 Å². The van der Waals surface area contributed by atoms with E-state index in [1.54, 1.807) is 22.7 Å². The molecule has 1 aliphatic heterocycles. The fraction of sp³-hybridized carbons (Fsp3) is 0.400. The Morgan fingerprint density at radius 2 is 2.11 bits per heavy atom. The fourth-order valence-electron chi connectivity index (χ4n) is 3.59. The van der Waals surface area contributed by atoms with Gasteiger partial charge in [-0.05, 0) is 43.5 Å². The monoisotopic (exact) mass is 382 g/mol. The summed E-state index contributed by atoms with van der Waals surface area (Å²) < 4.78 is 15.8. The quantitative estimate of drug-likeness (QED) is 0.734. The van der Waals surface area contributed by atoms with Gasteiger partial charge in [0.1, 0.15) is 11.6 Å². The van der Waals surface area contributed by atoms with Gasteiger partial charge in [0.05, 0.1) is 5.56 Å². The van der Waals surface area contributed by atoms with Gasteiger partial charge in [0.2, 0.25) is 5.91 Å². The van der Waals surface area contributed by atoms with E-state index in [1.807, 2.05) is 19.1 Å². The van der Waals surface area contributed by atoms with Crippen LogP contribution in [0.1, 0.15) is 32.6 Å². The minimum Gasteiger partial charge on any atom is -0.353 e. The average molecular weight is 382 g/mol. The van der Waals surface area contributed by atoms with Crippen molar-refractivity contribution in [3.05, 3.63) is 42.2 Å². The fourth-order valence-corrected chi connectivity index (χ4v) is 3.59. The van der Waals surface area contributed by atoms with Crippen LogP contribution < -0.4 is 10.2 Å². The Balaban J connectivity index is 1.60. The molecule has 1 aliphatic rings. The minimum atomic E-state index is -0.360. The van der Waals surface area contributed by atoms with Crippen LogP contribution in [-0.4, -0.2) is 44.8 Å². The second-order valence-electron chi connectivity index (χ2n) is 7.07. The first kappa shape index (κ1) is 18.3. The second kappa shape index (κ2) is 7.92. The number of halogens is 1. The molecule has 8 heteroatoms. The lowest BCUT2D eigenvalue weighted by atomic mass is 10.1. The van der Waals surface area contributed by atoms with E-state index in [2.05, 4.69) is 25.5 Å². The van der Waals surface area contributed by atoms with Crippen molar-refractivity contribution in [2.24, 2.45) is 0 Å². The molecule has 1 unspecified atom stereocenters. The van der Waals surface area contributed by atoms with Crippen LogP contribution in [0.2, 0.25) is 0 Å². The highest BCUT2D eigenvalue weighted by Gasteiger charge is 2.23. The molecule has 0 saturated carbocycles. The SMILES string of the molecule is CCCC(=O)NC1CCCN(c2ccc3nnc(-c4ccccc4F)n3n2)C1. The van der Waals surface area contributed by atoms with Gasteiger partial charge in [0, 0.05) is 25.6 Å². The number of carbonyl (C=O) groups is 1. The number of carbonyl (C=O) groups excluding carboxylic acids is 1.